The molecule has 1 saturated heterocycles. The van der Waals surface area contributed by atoms with Crippen LogP contribution in [0.2, 0.25) is 0 Å². The number of imide groups is 2. The zero-order valence-corrected chi connectivity index (χ0v) is 23.1. The van der Waals surface area contributed by atoms with Crippen LogP contribution >= 0.6 is 0 Å². The third-order valence-electron chi connectivity index (χ3n) is 6.08. The Balaban J connectivity index is 1.64. The number of urea groups is 1. The van der Waals surface area contributed by atoms with E-state index in [1.54, 1.807) is 37.3 Å². The van der Waals surface area contributed by atoms with E-state index in [-0.39, 0.29) is 40.7 Å². The van der Waals surface area contributed by atoms with Gasteiger partial charge in [0.2, 0.25) is 5.75 Å². The maximum atomic E-state index is 13.2. The highest BCUT2D eigenvalue weighted by atomic mass is 16.6. The number of carbonyl (C=O) groups excluding carboxylic acids is 4. The van der Waals surface area contributed by atoms with Crippen LogP contribution in [0.4, 0.5) is 10.5 Å². The van der Waals surface area contributed by atoms with Crippen molar-refractivity contribution in [2.24, 2.45) is 0 Å². The highest BCUT2D eigenvalue weighted by Crippen LogP contribution is 2.39. The molecule has 212 valence electrons. The number of ether oxygens (including phenoxy) is 5. The molecule has 0 radical (unpaired) electrons. The first kappa shape index (κ1) is 28.7. The number of methoxy groups -OCH3 is 3. The van der Waals surface area contributed by atoms with Gasteiger partial charge in [-0.05, 0) is 61.9 Å². The van der Waals surface area contributed by atoms with E-state index in [0.717, 1.165) is 10.5 Å². The Morgan fingerprint density at radius 1 is 0.854 bits per heavy atom. The molecule has 11 nitrogen and oxygen atoms in total. The van der Waals surface area contributed by atoms with Gasteiger partial charge in [-0.1, -0.05) is 23.8 Å². The second-order valence-corrected chi connectivity index (χ2v) is 8.74. The number of aryl methyl sites for hydroxylation is 1. The van der Waals surface area contributed by atoms with E-state index >= 15 is 0 Å². The lowest BCUT2D eigenvalue weighted by Crippen LogP contribution is -2.54. The van der Waals surface area contributed by atoms with Crippen molar-refractivity contribution >= 4 is 35.6 Å². The van der Waals surface area contributed by atoms with Gasteiger partial charge in [0.05, 0.1) is 39.2 Å². The molecular formula is C30H28N2O9. The first-order valence-electron chi connectivity index (χ1n) is 12.5. The fourth-order valence-corrected chi connectivity index (χ4v) is 4.08. The second-order valence-electron chi connectivity index (χ2n) is 8.74. The minimum atomic E-state index is -0.843. The van der Waals surface area contributed by atoms with E-state index in [2.05, 4.69) is 5.32 Å². The number of amides is 4. The van der Waals surface area contributed by atoms with Gasteiger partial charge in [-0.3, -0.25) is 14.9 Å². The summed E-state index contributed by atoms with van der Waals surface area (Å²) in [4.78, 5) is 52.2. The average molecular weight is 561 g/mol. The molecule has 1 heterocycles. The molecule has 11 heteroatoms. The zero-order chi connectivity index (χ0) is 29.7. The summed E-state index contributed by atoms with van der Waals surface area (Å²) in [5.41, 5.74) is 1.55. The van der Waals surface area contributed by atoms with Crippen molar-refractivity contribution in [3.63, 3.8) is 0 Å². The number of benzene rings is 3. The topological polar surface area (TPSA) is 130 Å². The molecule has 0 aromatic heterocycles. The average Bonchev–Trinajstić information content (AvgIpc) is 2.96. The molecular weight excluding hydrogens is 532 g/mol. The van der Waals surface area contributed by atoms with E-state index in [1.165, 1.54) is 51.7 Å². The third-order valence-corrected chi connectivity index (χ3v) is 6.08. The molecule has 0 aliphatic carbocycles. The smallest absolute Gasteiger partial charge is 0.343 e. The maximum absolute atomic E-state index is 13.2. The van der Waals surface area contributed by atoms with Crippen molar-refractivity contribution in [2.45, 2.75) is 13.8 Å². The molecule has 0 atom stereocenters. The number of rotatable bonds is 9. The number of esters is 1. The second kappa shape index (κ2) is 12.2. The summed E-state index contributed by atoms with van der Waals surface area (Å²) in [5, 5.41) is 2.19. The molecule has 3 aromatic rings. The number of hydrogen-bond donors (Lipinski definition) is 1. The van der Waals surface area contributed by atoms with Crippen molar-refractivity contribution in [2.75, 3.05) is 32.8 Å². The fraction of sp³-hybridized carbons (Fsp3) is 0.200. The SMILES string of the molecule is CCOc1cc(/C=C2\C(=O)NC(=O)N(c3ccc(C)cc3)C2=O)ccc1OC(=O)c1cc(OC)c(OC)c(OC)c1. The first-order chi connectivity index (χ1) is 19.7. The molecule has 3 aromatic carbocycles. The Hall–Kier alpha value is -5.32. The van der Waals surface area contributed by atoms with Crippen LogP contribution in [0.1, 0.15) is 28.4 Å². The summed E-state index contributed by atoms with van der Waals surface area (Å²) in [5.74, 6) is -1.16. The van der Waals surface area contributed by atoms with Crippen LogP contribution in [0.25, 0.3) is 6.08 Å². The largest absolute Gasteiger partial charge is 0.493 e. The Bertz CT molecular complexity index is 1520. The summed E-state index contributed by atoms with van der Waals surface area (Å²) in [6.07, 6.45) is 1.33. The quantitative estimate of drug-likeness (QED) is 0.176. The minimum Gasteiger partial charge on any atom is -0.493 e. The first-order valence-corrected chi connectivity index (χ1v) is 12.5. The predicted molar refractivity (Wildman–Crippen MR) is 149 cm³/mol. The van der Waals surface area contributed by atoms with Gasteiger partial charge in [-0.15, -0.1) is 0 Å². The van der Waals surface area contributed by atoms with Gasteiger partial charge in [0, 0.05) is 0 Å². The summed E-state index contributed by atoms with van der Waals surface area (Å²) in [6.45, 7) is 3.86. The van der Waals surface area contributed by atoms with Gasteiger partial charge in [0.25, 0.3) is 11.8 Å². The number of anilines is 1. The lowest BCUT2D eigenvalue weighted by molar-refractivity contribution is -0.122. The van der Waals surface area contributed by atoms with E-state index in [0.29, 0.717) is 17.0 Å². The van der Waals surface area contributed by atoms with Gasteiger partial charge in [-0.2, -0.15) is 0 Å². The lowest BCUT2D eigenvalue weighted by Gasteiger charge is -2.26. The normalized spacial score (nSPS) is 14.0. The molecule has 1 aliphatic rings. The molecule has 0 saturated carbocycles. The zero-order valence-electron chi connectivity index (χ0n) is 23.1. The van der Waals surface area contributed by atoms with Crippen LogP contribution < -0.4 is 33.9 Å². The summed E-state index contributed by atoms with van der Waals surface area (Å²) in [7, 11) is 4.31. The van der Waals surface area contributed by atoms with Crippen molar-refractivity contribution in [3.8, 4) is 28.7 Å². The highest BCUT2D eigenvalue weighted by molar-refractivity contribution is 6.39. The van der Waals surface area contributed by atoms with Crippen LogP contribution in [0.3, 0.4) is 0 Å². The Kier molecular flexibility index (Phi) is 8.57. The molecule has 1 fully saturated rings. The Labute approximate surface area is 236 Å². The lowest BCUT2D eigenvalue weighted by atomic mass is 10.1. The summed E-state index contributed by atoms with van der Waals surface area (Å²) in [6, 6.07) is 13.3. The molecule has 0 spiro atoms. The fourth-order valence-electron chi connectivity index (χ4n) is 4.08. The third kappa shape index (κ3) is 5.98. The molecule has 0 unspecified atom stereocenters. The van der Waals surface area contributed by atoms with Crippen molar-refractivity contribution in [3.05, 3.63) is 76.9 Å². The van der Waals surface area contributed by atoms with E-state index < -0.39 is 23.8 Å². The molecule has 4 amide bonds. The Morgan fingerprint density at radius 2 is 1.51 bits per heavy atom. The van der Waals surface area contributed by atoms with E-state index in [4.69, 9.17) is 23.7 Å². The number of nitrogens with zero attached hydrogens (tertiary/aromatic N) is 1. The van der Waals surface area contributed by atoms with E-state index in [1.807, 2.05) is 6.92 Å². The standard InChI is InChI=1S/C30H28N2O9/c1-6-40-23-14-18(13-21-27(33)31-30(36)32(28(21)34)20-10-7-17(2)8-11-20)9-12-22(23)41-29(35)19-15-24(37-3)26(39-5)25(16-19)38-4/h7-16H,6H2,1-5H3,(H,31,33,36)/b21-13+. The van der Waals surface area contributed by atoms with Crippen LogP contribution in [0.15, 0.2) is 60.2 Å². The monoisotopic (exact) mass is 560 g/mol. The minimum absolute atomic E-state index is 0.101. The van der Waals surface area contributed by atoms with Gasteiger partial charge >= 0.3 is 12.0 Å². The van der Waals surface area contributed by atoms with Gasteiger partial charge in [0.15, 0.2) is 23.0 Å². The summed E-state index contributed by atoms with van der Waals surface area (Å²) >= 11 is 0. The molecule has 1 aliphatic heterocycles. The number of nitrogens with one attached hydrogen (secondary N) is 1. The molecule has 41 heavy (non-hydrogen) atoms. The van der Waals surface area contributed by atoms with Crippen LogP contribution in [-0.2, 0) is 9.59 Å². The Morgan fingerprint density at radius 3 is 2.10 bits per heavy atom. The van der Waals surface area contributed by atoms with Crippen LogP contribution in [-0.4, -0.2) is 51.8 Å². The number of carbonyl (C=O) groups is 4. The highest BCUT2D eigenvalue weighted by Gasteiger charge is 2.36. The predicted octanol–water partition coefficient (Wildman–Crippen LogP) is 4.31. The van der Waals surface area contributed by atoms with E-state index in [9.17, 15) is 19.2 Å². The van der Waals surface area contributed by atoms with Crippen molar-refractivity contribution < 1.29 is 42.9 Å². The molecule has 4 rings (SSSR count). The van der Waals surface area contributed by atoms with Crippen molar-refractivity contribution in [1.29, 1.82) is 0 Å². The van der Waals surface area contributed by atoms with Gasteiger partial charge < -0.3 is 23.7 Å². The van der Waals surface area contributed by atoms with Crippen LogP contribution in [0.5, 0.6) is 28.7 Å². The van der Waals surface area contributed by atoms with Gasteiger partial charge in [0.1, 0.15) is 5.57 Å². The summed E-state index contributed by atoms with van der Waals surface area (Å²) < 4.78 is 27.2. The maximum Gasteiger partial charge on any atom is 0.343 e. The van der Waals surface area contributed by atoms with Crippen LogP contribution in [0, 0.1) is 6.92 Å². The molecule has 0 bridgehead atoms. The molecule has 1 N–H and O–H groups in total. The van der Waals surface area contributed by atoms with Crippen molar-refractivity contribution in [1.82, 2.24) is 5.32 Å². The van der Waals surface area contributed by atoms with Gasteiger partial charge in [-0.25, -0.2) is 14.5 Å². The number of hydrogen-bond acceptors (Lipinski definition) is 9. The number of barbiturate groups is 1.